The lowest BCUT2D eigenvalue weighted by Crippen LogP contribution is -2.39. The first-order valence-corrected chi connectivity index (χ1v) is 8.49. The van der Waals surface area contributed by atoms with E-state index in [1.807, 2.05) is 6.20 Å². The van der Waals surface area contributed by atoms with Gasteiger partial charge in [-0.05, 0) is 48.9 Å². The highest BCUT2D eigenvalue weighted by Gasteiger charge is 2.14. The molecule has 1 aromatic carbocycles. The summed E-state index contributed by atoms with van der Waals surface area (Å²) in [7, 11) is 0. The molecule has 1 heterocycles. The molecule has 0 atom stereocenters. The Balaban J connectivity index is 1.43. The molecule has 0 unspecified atom stereocenters. The maximum absolute atomic E-state index is 13.3. The first-order chi connectivity index (χ1) is 11.2. The number of hydrogen-bond acceptors (Lipinski definition) is 1. The van der Waals surface area contributed by atoms with Gasteiger partial charge in [-0.2, -0.15) is 0 Å². The molecule has 0 spiro atoms. The van der Waals surface area contributed by atoms with E-state index < -0.39 is 0 Å². The van der Waals surface area contributed by atoms with Crippen molar-refractivity contribution in [1.82, 2.24) is 15.6 Å². The molecule has 0 radical (unpaired) electrons. The Bertz CT molecular complexity index is 661. The molecule has 1 saturated carbocycles. The third-order valence-electron chi connectivity index (χ3n) is 4.69. The Morgan fingerprint density at radius 1 is 1.22 bits per heavy atom. The van der Waals surface area contributed by atoms with E-state index in [1.165, 1.54) is 44.2 Å². The maximum Gasteiger partial charge on any atom is 0.314 e. The fourth-order valence-corrected chi connectivity index (χ4v) is 3.36. The van der Waals surface area contributed by atoms with Crippen molar-refractivity contribution in [1.29, 1.82) is 0 Å². The number of amides is 2. The van der Waals surface area contributed by atoms with Crippen LogP contribution < -0.4 is 10.6 Å². The Morgan fingerprint density at radius 3 is 2.87 bits per heavy atom. The Labute approximate surface area is 135 Å². The summed E-state index contributed by atoms with van der Waals surface area (Å²) >= 11 is 0. The predicted octanol–water partition coefficient (Wildman–Crippen LogP) is 3.73. The fraction of sp³-hybridized carbons (Fsp3) is 0.500. The van der Waals surface area contributed by atoms with Gasteiger partial charge in [0.15, 0.2) is 0 Å². The van der Waals surface area contributed by atoms with E-state index in [0.29, 0.717) is 18.9 Å². The second-order valence-electron chi connectivity index (χ2n) is 6.39. The summed E-state index contributed by atoms with van der Waals surface area (Å²) in [4.78, 5) is 15.0. The van der Waals surface area contributed by atoms with Crippen LogP contribution in [0.1, 0.15) is 37.7 Å². The second kappa shape index (κ2) is 7.49. The quantitative estimate of drug-likeness (QED) is 0.773. The number of carbonyl (C=O) groups excluding carboxylic acids is 1. The maximum atomic E-state index is 13.3. The van der Waals surface area contributed by atoms with Crippen LogP contribution in [0.2, 0.25) is 0 Å². The van der Waals surface area contributed by atoms with Gasteiger partial charge in [0.05, 0.1) is 0 Å². The Hall–Kier alpha value is -2.04. The molecule has 3 rings (SSSR count). The molecule has 1 fully saturated rings. The van der Waals surface area contributed by atoms with Crippen LogP contribution in [0.3, 0.4) is 0 Å². The number of H-pyrrole nitrogens is 1. The van der Waals surface area contributed by atoms with Gasteiger partial charge in [0, 0.05) is 30.2 Å². The first kappa shape index (κ1) is 15.8. The molecule has 0 aliphatic heterocycles. The minimum absolute atomic E-state index is 0.110. The summed E-state index contributed by atoms with van der Waals surface area (Å²) in [5.41, 5.74) is 1.94. The molecule has 0 saturated heterocycles. The van der Waals surface area contributed by atoms with Crippen LogP contribution in [0, 0.1) is 11.7 Å². The Kier molecular flexibility index (Phi) is 5.16. The highest BCUT2D eigenvalue weighted by atomic mass is 19.1. The molecule has 1 aliphatic rings. The van der Waals surface area contributed by atoms with Crippen molar-refractivity contribution < 1.29 is 9.18 Å². The van der Waals surface area contributed by atoms with E-state index >= 15 is 0 Å². The van der Waals surface area contributed by atoms with E-state index in [4.69, 9.17) is 0 Å². The molecular formula is C18H24FN3O. The summed E-state index contributed by atoms with van der Waals surface area (Å²) in [6.07, 6.45) is 8.90. The lowest BCUT2D eigenvalue weighted by Gasteiger charge is -2.21. The molecule has 23 heavy (non-hydrogen) atoms. The minimum Gasteiger partial charge on any atom is -0.361 e. The lowest BCUT2D eigenvalue weighted by molar-refractivity contribution is 0.236. The summed E-state index contributed by atoms with van der Waals surface area (Å²) < 4.78 is 13.3. The number of aromatic amines is 1. The van der Waals surface area contributed by atoms with E-state index in [9.17, 15) is 9.18 Å². The number of urea groups is 1. The number of carbonyl (C=O) groups is 1. The van der Waals surface area contributed by atoms with Crippen molar-refractivity contribution in [2.75, 3.05) is 13.1 Å². The average Bonchev–Trinajstić information content (AvgIpc) is 2.96. The molecule has 5 heteroatoms. The molecule has 0 bridgehead atoms. The minimum atomic E-state index is -0.239. The SMILES string of the molecule is O=C(NCCc1c[nH]c2ccc(F)cc12)NCC1CCCCC1. The number of hydrogen-bond donors (Lipinski definition) is 3. The lowest BCUT2D eigenvalue weighted by atomic mass is 9.89. The topological polar surface area (TPSA) is 56.9 Å². The molecule has 2 amide bonds. The van der Waals surface area contributed by atoms with Crippen LogP contribution in [0.15, 0.2) is 24.4 Å². The number of nitrogens with one attached hydrogen (secondary N) is 3. The van der Waals surface area contributed by atoms with E-state index in [0.717, 1.165) is 23.0 Å². The van der Waals surface area contributed by atoms with E-state index in [-0.39, 0.29) is 11.8 Å². The van der Waals surface area contributed by atoms with Gasteiger partial charge in [-0.3, -0.25) is 0 Å². The van der Waals surface area contributed by atoms with Crippen molar-refractivity contribution in [3.05, 3.63) is 35.8 Å². The van der Waals surface area contributed by atoms with Gasteiger partial charge in [-0.25, -0.2) is 9.18 Å². The highest BCUT2D eigenvalue weighted by molar-refractivity contribution is 5.83. The van der Waals surface area contributed by atoms with E-state index in [1.54, 1.807) is 6.07 Å². The molecule has 1 aliphatic carbocycles. The molecule has 4 nitrogen and oxygen atoms in total. The largest absolute Gasteiger partial charge is 0.361 e. The van der Waals surface area contributed by atoms with Crippen LogP contribution in [-0.2, 0) is 6.42 Å². The van der Waals surface area contributed by atoms with Crippen molar-refractivity contribution in [3.63, 3.8) is 0 Å². The molecule has 124 valence electrons. The zero-order valence-electron chi connectivity index (χ0n) is 13.3. The van der Waals surface area contributed by atoms with E-state index in [2.05, 4.69) is 15.6 Å². The number of rotatable bonds is 5. The number of benzene rings is 1. The van der Waals surface area contributed by atoms with Crippen molar-refractivity contribution in [2.24, 2.45) is 5.92 Å². The van der Waals surface area contributed by atoms with Gasteiger partial charge in [0.1, 0.15) is 5.82 Å². The monoisotopic (exact) mass is 317 g/mol. The van der Waals surface area contributed by atoms with Gasteiger partial charge in [-0.15, -0.1) is 0 Å². The fourth-order valence-electron chi connectivity index (χ4n) is 3.36. The normalized spacial score (nSPS) is 15.7. The number of halogens is 1. The molecular weight excluding hydrogens is 293 g/mol. The molecule has 3 N–H and O–H groups in total. The van der Waals surface area contributed by atoms with Crippen molar-refractivity contribution >= 4 is 16.9 Å². The van der Waals surface area contributed by atoms with Gasteiger partial charge >= 0.3 is 6.03 Å². The van der Waals surface area contributed by atoms with Gasteiger partial charge < -0.3 is 15.6 Å². The molecule has 2 aromatic rings. The van der Waals surface area contributed by atoms with Crippen LogP contribution in [-0.4, -0.2) is 24.1 Å². The van der Waals surface area contributed by atoms with Crippen LogP contribution in [0.5, 0.6) is 0 Å². The second-order valence-corrected chi connectivity index (χ2v) is 6.39. The van der Waals surface area contributed by atoms with Crippen LogP contribution in [0.4, 0.5) is 9.18 Å². The highest BCUT2D eigenvalue weighted by Crippen LogP contribution is 2.22. The third kappa shape index (κ3) is 4.24. The Morgan fingerprint density at radius 2 is 2.04 bits per heavy atom. The summed E-state index contributed by atoms with van der Waals surface area (Å²) in [5.74, 6) is 0.391. The predicted molar refractivity (Wildman–Crippen MR) is 89.9 cm³/mol. The summed E-state index contributed by atoms with van der Waals surface area (Å²) in [6.45, 7) is 1.31. The van der Waals surface area contributed by atoms with Crippen molar-refractivity contribution in [3.8, 4) is 0 Å². The molecule has 1 aromatic heterocycles. The van der Waals surface area contributed by atoms with Gasteiger partial charge in [0.2, 0.25) is 0 Å². The number of aromatic nitrogens is 1. The van der Waals surface area contributed by atoms with Crippen LogP contribution >= 0.6 is 0 Å². The summed E-state index contributed by atoms with van der Waals surface area (Å²) in [5, 5.41) is 6.73. The zero-order chi connectivity index (χ0) is 16.1. The smallest absolute Gasteiger partial charge is 0.314 e. The third-order valence-corrected chi connectivity index (χ3v) is 4.69. The van der Waals surface area contributed by atoms with Crippen molar-refractivity contribution in [2.45, 2.75) is 38.5 Å². The average molecular weight is 317 g/mol. The first-order valence-electron chi connectivity index (χ1n) is 8.49. The number of fused-ring (bicyclic) bond motifs is 1. The standard InChI is InChI=1S/C18H24FN3O/c19-15-6-7-17-16(10-15)14(12-21-17)8-9-20-18(23)22-11-13-4-2-1-3-5-13/h6-7,10,12-13,21H,1-5,8-9,11H2,(H2,20,22,23). The summed E-state index contributed by atoms with van der Waals surface area (Å²) in [6, 6.07) is 4.60. The zero-order valence-corrected chi connectivity index (χ0v) is 13.3. The van der Waals surface area contributed by atoms with Crippen LogP contribution in [0.25, 0.3) is 10.9 Å². The van der Waals surface area contributed by atoms with Gasteiger partial charge in [0.25, 0.3) is 0 Å². The van der Waals surface area contributed by atoms with Gasteiger partial charge in [-0.1, -0.05) is 19.3 Å².